The number of hydrogen-bond acceptors (Lipinski definition) is 7. The maximum atomic E-state index is 10.0. The number of fused-ring (bicyclic) bond motifs is 2. The Labute approximate surface area is 314 Å². The zero-order valence-electron chi connectivity index (χ0n) is 25.2. The molecule has 4 aromatic heterocycles. The second kappa shape index (κ2) is 22.7. The molecule has 0 bridgehead atoms. The number of aldehydes is 1. The number of hydrogen-bond donors (Lipinski definition) is 1. The number of terminal acetylenes is 1. The van der Waals surface area contributed by atoms with Gasteiger partial charge in [0.05, 0.1) is 21.6 Å². The average Bonchev–Trinajstić information content (AvgIpc) is 3.66. The Hall–Kier alpha value is -2.80. The van der Waals surface area contributed by atoms with Crippen molar-refractivity contribution in [3.8, 4) is 12.8 Å². The summed E-state index contributed by atoms with van der Waals surface area (Å²) in [6, 6.07) is 24.5. The molecule has 0 unspecified atom stereocenters. The van der Waals surface area contributed by atoms with Crippen LogP contribution in [-0.2, 0) is 12.8 Å². The van der Waals surface area contributed by atoms with Crippen molar-refractivity contribution in [1.29, 1.82) is 5.26 Å². The van der Waals surface area contributed by atoms with Gasteiger partial charge in [0.15, 0.2) is 6.29 Å². The van der Waals surface area contributed by atoms with Crippen LogP contribution in [0.1, 0.15) is 31.5 Å². The molecule has 45 heavy (non-hydrogen) atoms. The summed E-state index contributed by atoms with van der Waals surface area (Å²) in [6.07, 6.45) is 11.0. The minimum atomic E-state index is 0. The van der Waals surface area contributed by atoms with Crippen molar-refractivity contribution in [3.63, 3.8) is 0 Å². The molecule has 221 valence electrons. The van der Waals surface area contributed by atoms with E-state index in [0.29, 0.717) is 0 Å². The van der Waals surface area contributed by atoms with Crippen molar-refractivity contribution in [2.24, 2.45) is 0 Å². The smallest absolute Gasteiger partial charge is 0.512 e. The Morgan fingerprint density at radius 3 is 1.87 bits per heavy atom. The van der Waals surface area contributed by atoms with Gasteiger partial charge in [-0.15, -0.1) is 35.5 Å². The van der Waals surface area contributed by atoms with Gasteiger partial charge in [-0.3, -0.25) is 14.8 Å². The van der Waals surface area contributed by atoms with E-state index in [4.69, 9.17) is 17.6 Å². The molecule has 0 aliphatic rings. The summed E-state index contributed by atoms with van der Waals surface area (Å²) >= 11 is 9.97. The summed E-state index contributed by atoms with van der Waals surface area (Å²) in [4.78, 5) is 21.2. The van der Waals surface area contributed by atoms with Crippen molar-refractivity contribution in [3.05, 3.63) is 126 Å². The number of benzene rings is 2. The number of rotatable bonds is 4. The van der Waals surface area contributed by atoms with E-state index >= 15 is 0 Å². The molecule has 0 spiro atoms. The summed E-state index contributed by atoms with van der Waals surface area (Å²) in [6.45, 7) is 8.76. The molecular formula is C34H29BBr2N4NaOS2. The van der Waals surface area contributed by atoms with Crippen LogP contribution in [-0.4, -0.2) is 24.7 Å². The zero-order chi connectivity index (χ0) is 31.8. The first-order valence-corrected chi connectivity index (χ1v) is 16.1. The Kier molecular flexibility index (Phi) is 21.3. The van der Waals surface area contributed by atoms with Crippen LogP contribution in [0.25, 0.3) is 21.8 Å². The van der Waals surface area contributed by atoms with E-state index in [1.54, 1.807) is 6.07 Å². The summed E-state index contributed by atoms with van der Waals surface area (Å²) in [5.41, 5.74) is 12.0. The number of carbonyl (C=O) groups is 1. The minimum absolute atomic E-state index is 0. The van der Waals surface area contributed by atoms with E-state index in [-0.39, 0.29) is 38.0 Å². The molecule has 0 saturated carbocycles. The van der Waals surface area contributed by atoms with E-state index in [0.717, 1.165) is 62.0 Å². The molecule has 4 heterocycles. The summed E-state index contributed by atoms with van der Waals surface area (Å²) < 4.78 is 2.16. The van der Waals surface area contributed by atoms with Crippen LogP contribution in [0, 0.1) is 38.5 Å². The summed E-state index contributed by atoms with van der Waals surface area (Å²) in [5.74, 6) is 0. The van der Waals surface area contributed by atoms with Gasteiger partial charge in [0, 0.05) is 55.2 Å². The van der Waals surface area contributed by atoms with Gasteiger partial charge in [-0.05, 0) is 94.4 Å². The van der Waals surface area contributed by atoms with Crippen LogP contribution in [0.15, 0.2) is 92.5 Å². The third-order valence-electron chi connectivity index (χ3n) is 5.80. The number of carbonyl (C=O) groups excluding carboxylic acids is 1. The molecule has 0 fully saturated rings. The third kappa shape index (κ3) is 13.6. The molecule has 0 aliphatic heterocycles. The fourth-order valence-electron chi connectivity index (χ4n) is 3.91. The Morgan fingerprint density at radius 1 is 0.822 bits per heavy atom. The van der Waals surface area contributed by atoms with Crippen LogP contribution in [0.3, 0.4) is 0 Å². The number of nitrogen functional groups attached to an aromatic ring is 1. The molecule has 6 aromatic rings. The van der Waals surface area contributed by atoms with E-state index in [9.17, 15) is 4.79 Å². The van der Waals surface area contributed by atoms with Gasteiger partial charge in [-0.25, -0.2) is 0 Å². The molecule has 3 radical (unpaired) electrons. The zero-order valence-corrected chi connectivity index (χ0v) is 32.0. The maximum Gasteiger partial charge on any atom is 1.00 e. The molecular weight excluding hydrogens is 738 g/mol. The van der Waals surface area contributed by atoms with Gasteiger partial charge in [0.1, 0.15) is 0 Å². The third-order valence-corrected chi connectivity index (χ3v) is 9.18. The van der Waals surface area contributed by atoms with E-state index in [1.165, 1.54) is 31.6 Å². The number of para-hydroxylation sites is 2. The van der Waals surface area contributed by atoms with Crippen LogP contribution in [0.5, 0.6) is 0 Å². The molecule has 0 saturated heterocycles. The van der Waals surface area contributed by atoms with Crippen LogP contribution in [0.2, 0.25) is 0 Å². The van der Waals surface area contributed by atoms with Crippen LogP contribution < -0.4 is 35.3 Å². The van der Waals surface area contributed by atoms with Gasteiger partial charge in [0.2, 0.25) is 0 Å². The molecule has 6 rings (SSSR count). The molecule has 5 nitrogen and oxygen atoms in total. The standard InChI is InChI=1S/C16H14BrNS.C10H10N2.C5H3BrOS.C2H2.CN.B.Na/c1-11-5-6-12-3-2-4-13(16(12)18-11)7-8-15-9-14(17)10-19-15;1-7-5-6-8-3-2-4-9(11)10(8)12-7;6-4-1-5(2-7)8-3-4;2*1-2;;/h2-6,9-10H,7-8H2,1H3;2-6H,11H2,1H3;1-3H;1-2H;;;/q;;;;-1;;+1. The molecule has 0 atom stereocenters. The topological polar surface area (TPSA) is 92.7 Å². The van der Waals surface area contributed by atoms with Crippen molar-refractivity contribution in [1.82, 2.24) is 9.97 Å². The second-order valence-electron chi connectivity index (χ2n) is 8.83. The van der Waals surface area contributed by atoms with Gasteiger partial charge in [0.25, 0.3) is 0 Å². The van der Waals surface area contributed by atoms with Crippen molar-refractivity contribution in [2.75, 3.05) is 5.73 Å². The number of aryl methyl sites for hydroxylation is 4. The van der Waals surface area contributed by atoms with Gasteiger partial charge < -0.3 is 17.6 Å². The average molecular weight is 767 g/mol. The molecule has 11 heteroatoms. The van der Waals surface area contributed by atoms with Crippen molar-refractivity contribution < 1.29 is 34.4 Å². The first-order valence-electron chi connectivity index (χ1n) is 12.8. The Bertz CT molecular complexity index is 1820. The number of thiophene rings is 2. The minimum Gasteiger partial charge on any atom is -0.512 e. The molecule has 0 aliphatic carbocycles. The van der Waals surface area contributed by atoms with Crippen LogP contribution in [0.4, 0.5) is 5.69 Å². The SMILES string of the molecule is C#C.Cc1ccc2cccc(CCc3cc(Br)cs3)c2n1.Cc1ccc2cccc(N)c2n1.O=Cc1cc(Br)cs1.[B].[C-]#N.[Na+]. The van der Waals surface area contributed by atoms with Crippen molar-refractivity contribution >= 4 is 96.7 Å². The van der Waals surface area contributed by atoms with E-state index in [1.807, 2.05) is 60.9 Å². The normalized spacial score (nSPS) is 9.16. The number of anilines is 1. The van der Waals surface area contributed by atoms with E-state index < -0.39 is 0 Å². The Balaban J connectivity index is 0.000000644. The first kappa shape index (κ1) is 42.2. The predicted octanol–water partition coefficient (Wildman–Crippen LogP) is 6.57. The fraction of sp³-hybridized carbons (Fsp3) is 0.118. The molecule has 2 aromatic carbocycles. The summed E-state index contributed by atoms with van der Waals surface area (Å²) in [7, 11) is 0. The number of nitrogens with two attached hydrogens (primary N) is 1. The van der Waals surface area contributed by atoms with Crippen LogP contribution >= 0.6 is 54.5 Å². The quantitative estimate of drug-likeness (QED) is 0.0721. The van der Waals surface area contributed by atoms with Gasteiger partial charge in [-0.1, -0.05) is 42.5 Å². The monoisotopic (exact) mass is 765 g/mol. The van der Waals surface area contributed by atoms with E-state index in [2.05, 4.69) is 96.5 Å². The fourth-order valence-corrected chi connectivity index (χ4v) is 6.61. The number of halogens is 2. The van der Waals surface area contributed by atoms with Gasteiger partial charge in [-0.2, -0.15) is 0 Å². The predicted molar refractivity (Wildman–Crippen MR) is 195 cm³/mol. The summed E-state index contributed by atoms with van der Waals surface area (Å²) in [5, 5.41) is 12.6. The number of nitrogens with zero attached hydrogens (tertiary/aromatic N) is 3. The largest absolute Gasteiger partial charge is 1.00 e. The maximum absolute atomic E-state index is 10.0. The number of pyridine rings is 2. The first-order chi connectivity index (χ1) is 20.8. The Morgan fingerprint density at radius 2 is 1.36 bits per heavy atom. The molecule has 2 N–H and O–H groups in total. The molecule has 0 amide bonds. The number of aromatic nitrogens is 2. The van der Waals surface area contributed by atoms with Gasteiger partial charge >= 0.3 is 29.6 Å². The second-order valence-corrected chi connectivity index (χ2v) is 12.6. The van der Waals surface area contributed by atoms with Crippen molar-refractivity contribution in [2.45, 2.75) is 26.7 Å².